The van der Waals surface area contributed by atoms with Crippen LogP contribution >= 0.6 is 0 Å². The van der Waals surface area contributed by atoms with Crippen molar-refractivity contribution in [3.05, 3.63) is 59.7 Å². The van der Waals surface area contributed by atoms with E-state index in [4.69, 9.17) is 5.26 Å². The van der Waals surface area contributed by atoms with Crippen LogP contribution in [0.15, 0.2) is 53.4 Å². The topological polar surface area (TPSA) is 90.3 Å². The van der Waals surface area contributed by atoms with Gasteiger partial charge in [0, 0.05) is 18.7 Å². The number of hydrogen-bond donors (Lipinski definition) is 1. The monoisotopic (exact) mass is 355 g/mol. The van der Waals surface area contributed by atoms with Crippen LogP contribution in [0.1, 0.15) is 28.8 Å². The summed E-state index contributed by atoms with van der Waals surface area (Å²) >= 11 is 0. The van der Waals surface area contributed by atoms with Gasteiger partial charge >= 0.3 is 0 Å². The first-order chi connectivity index (χ1) is 12.0. The number of benzene rings is 2. The Morgan fingerprint density at radius 1 is 1.04 bits per heavy atom. The Morgan fingerprint density at radius 2 is 1.68 bits per heavy atom. The van der Waals surface area contributed by atoms with Crippen molar-refractivity contribution in [2.75, 3.05) is 17.8 Å². The van der Waals surface area contributed by atoms with E-state index in [0.717, 1.165) is 25.9 Å². The molecule has 1 saturated heterocycles. The molecule has 3 rings (SSSR count). The largest absolute Gasteiger partial charge is 0.339 e. The number of carbonyl (C=O) groups is 1. The van der Waals surface area contributed by atoms with Crippen LogP contribution in [-0.2, 0) is 10.0 Å². The molecule has 128 valence electrons. The molecule has 7 heteroatoms. The average molecular weight is 355 g/mol. The maximum absolute atomic E-state index is 12.5. The lowest BCUT2D eigenvalue weighted by Gasteiger charge is -2.15. The normalized spacial score (nSPS) is 14.1. The number of para-hydroxylation sites is 1. The Bertz CT molecular complexity index is 925. The van der Waals surface area contributed by atoms with Crippen molar-refractivity contribution in [1.82, 2.24) is 4.90 Å². The highest BCUT2D eigenvalue weighted by Crippen LogP contribution is 2.20. The lowest BCUT2D eigenvalue weighted by Crippen LogP contribution is -2.27. The van der Waals surface area contributed by atoms with Crippen molar-refractivity contribution in [3.63, 3.8) is 0 Å². The molecule has 1 heterocycles. The molecule has 25 heavy (non-hydrogen) atoms. The predicted octanol–water partition coefficient (Wildman–Crippen LogP) is 2.60. The molecule has 1 fully saturated rings. The van der Waals surface area contributed by atoms with Crippen molar-refractivity contribution in [2.24, 2.45) is 0 Å². The summed E-state index contributed by atoms with van der Waals surface area (Å²) < 4.78 is 27.4. The van der Waals surface area contributed by atoms with Gasteiger partial charge in [-0.2, -0.15) is 5.26 Å². The molecule has 1 aliphatic rings. The van der Waals surface area contributed by atoms with Crippen LogP contribution in [0.4, 0.5) is 5.69 Å². The summed E-state index contributed by atoms with van der Waals surface area (Å²) in [4.78, 5) is 14.1. The van der Waals surface area contributed by atoms with Gasteiger partial charge in [-0.05, 0) is 49.2 Å². The second kappa shape index (κ2) is 6.95. The van der Waals surface area contributed by atoms with E-state index >= 15 is 0 Å². The zero-order chi connectivity index (χ0) is 17.9. The smallest absolute Gasteiger partial charge is 0.261 e. The van der Waals surface area contributed by atoms with Gasteiger partial charge in [-0.15, -0.1) is 0 Å². The van der Waals surface area contributed by atoms with E-state index in [2.05, 4.69) is 4.72 Å². The van der Waals surface area contributed by atoms with Gasteiger partial charge in [0.05, 0.1) is 16.1 Å². The molecular weight excluding hydrogens is 338 g/mol. The number of likely N-dealkylation sites (tertiary alicyclic amines) is 1. The van der Waals surface area contributed by atoms with Crippen molar-refractivity contribution in [3.8, 4) is 6.07 Å². The summed E-state index contributed by atoms with van der Waals surface area (Å²) in [6.07, 6.45) is 2.00. The average Bonchev–Trinajstić information content (AvgIpc) is 3.16. The van der Waals surface area contributed by atoms with Gasteiger partial charge in [0.15, 0.2) is 0 Å². The van der Waals surface area contributed by atoms with Crippen LogP contribution in [0.25, 0.3) is 0 Å². The Kier molecular flexibility index (Phi) is 4.72. The van der Waals surface area contributed by atoms with E-state index in [-0.39, 0.29) is 22.1 Å². The first-order valence-electron chi connectivity index (χ1n) is 7.92. The third-order valence-electron chi connectivity index (χ3n) is 4.10. The van der Waals surface area contributed by atoms with Gasteiger partial charge in [-0.1, -0.05) is 12.1 Å². The predicted molar refractivity (Wildman–Crippen MR) is 93.5 cm³/mol. The van der Waals surface area contributed by atoms with Crippen LogP contribution in [0.3, 0.4) is 0 Å². The molecule has 0 spiro atoms. The van der Waals surface area contributed by atoms with Gasteiger partial charge in [0.25, 0.3) is 15.9 Å². The van der Waals surface area contributed by atoms with Crippen LogP contribution < -0.4 is 4.72 Å². The minimum Gasteiger partial charge on any atom is -0.339 e. The molecule has 0 atom stereocenters. The fraction of sp³-hybridized carbons (Fsp3) is 0.222. The number of sulfonamides is 1. The maximum atomic E-state index is 12.5. The molecule has 0 bridgehead atoms. The Labute approximate surface area is 146 Å². The fourth-order valence-electron chi connectivity index (χ4n) is 2.75. The molecule has 0 saturated carbocycles. The quantitative estimate of drug-likeness (QED) is 0.913. The highest BCUT2D eigenvalue weighted by atomic mass is 32.2. The summed E-state index contributed by atoms with van der Waals surface area (Å²) in [6, 6.07) is 14.2. The Hall–Kier alpha value is -2.85. The summed E-state index contributed by atoms with van der Waals surface area (Å²) in [6.45, 7) is 1.48. The summed E-state index contributed by atoms with van der Waals surface area (Å²) in [7, 11) is -3.83. The van der Waals surface area contributed by atoms with E-state index in [9.17, 15) is 13.2 Å². The van der Waals surface area contributed by atoms with Crippen LogP contribution in [0, 0.1) is 11.3 Å². The number of nitrogens with zero attached hydrogens (tertiary/aromatic N) is 2. The maximum Gasteiger partial charge on any atom is 0.261 e. The lowest BCUT2D eigenvalue weighted by molar-refractivity contribution is 0.0792. The number of carbonyl (C=O) groups excluding carboxylic acids is 1. The van der Waals surface area contributed by atoms with E-state index < -0.39 is 10.0 Å². The summed E-state index contributed by atoms with van der Waals surface area (Å²) in [5, 5.41) is 9.06. The van der Waals surface area contributed by atoms with E-state index in [0.29, 0.717) is 5.56 Å². The highest BCUT2D eigenvalue weighted by molar-refractivity contribution is 7.92. The molecule has 1 aliphatic heterocycles. The molecular formula is C18H17N3O3S. The minimum atomic E-state index is -3.83. The van der Waals surface area contributed by atoms with Gasteiger partial charge in [-0.25, -0.2) is 8.42 Å². The fourth-order valence-corrected chi connectivity index (χ4v) is 3.83. The van der Waals surface area contributed by atoms with E-state index in [1.54, 1.807) is 17.0 Å². The molecule has 0 aliphatic carbocycles. The third-order valence-corrected chi connectivity index (χ3v) is 5.48. The standard InChI is InChI=1S/C18H17N3O3S/c19-13-15-5-1-2-6-17(15)20-25(23,24)16-9-7-14(8-10-16)18(22)21-11-3-4-12-21/h1-2,5-10,20H,3-4,11-12H2. The van der Waals surface area contributed by atoms with Gasteiger partial charge < -0.3 is 4.90 Å². The zero-order valence-corrected chi connectivity index (χ0v) is 14.3. The first kappa shape index (κ1) is 17.0. The molecule has 2 aromatic rings. The Morgan fingerprint density at radius 3 is 2.32 bits per heavy atom. The number of anilines is 1. The van der Waals surface area contributed by atoms with Crippen LogP contribution in [0.5, 0.6) is 0 Å². The van der Waals surface area contributed by atoms with Crippen LogP contribution in [-0.4, -0.2) is 32.3 Å². The number of nitrogens with one attached hydrogen (secondary N) is 1. The van der Waals surface area contributed by atoms with Crippen LogP contribution in [0.2, 0.25) is 0 Å². The second-order valence-electron chi connectivity index (χ2n) is 5.79. The molecule has 1 amide bonds. The van der Waals surface area contributed by atoms with Crippen molar-refractivity contribution in [2.45, 2.75) is 17.7 Å². The SMILES string of the molecule is N#Cc1ccccc1NS(=O)(=O)c1ccc(C(=O)N2CCCC2)cc1. The van der Waals surface area contributed by atoms with Gasteiger partial charge in [0.2, 0.25) is 0 Å². The third kappa shape index (κ3) is 3.64. The number of rotatable bonds is 4. The van der Waals surface area contributed by atoms with E-state index in [1.165, 1.54) is 36.4 Å². The number of nitriles is 1. The molecule has 1 N–H and O–H groups in total. The first-order valence-corrected chi connectivity index (χ1v) is 9.41. The number of amides is 1. The molecule has 0 radical (unpaired) electrons. The molecule has 0 aromatic heterocycles. The zero-order valence-electron chi connectivity index (χ0n) is 13.5. The summed E-state index contributed by atoms with van der Waals surface area (Å²) in [5.74, 6) is -0.0794. The van der Waals surface area contributed by atoms with Gasteiger partial charge in [0.1, 0.15) is 6.07 Å². The number of hydrogen-bond acceptors (Lipinski definition) is 4. The Balaban J connectivity index is 1.81. The van der Waals surface area contributed by atoms with Crippen molar-refractivity contribution in [1.29, 1.82) is 5.26 Å². The minimum absolute atomic E-state index is 0.0400. The van der Waals surface area contributed by atoms with E-state index in [1.807, 2.05) is 6.07 Å². The highest BCUT2D eigenvalue weighted by Gasteiger charge is 2.21. The van der Waals surface area contributed by atoms with Crippen molar-refractivity contribution < 1.29 is 13.2 Å². The second-order valence-corrected chi connectivity index (χ2v) is 7.47. The molecule has 2 aromatic carbocycles. The molecule has 6 nitrogen and oxygen atoms in total. The molecule has 0 unspecified atom stereocenters. The lowest BCUT2D eigenvalue weighted by atomic mass is 10.2. The summed E-state index contributed by atoms with van der Waals surface area (Å²) in [5.41, 5.74) is 0.937. The van der Waals surface area contributed by atoms with Gasteiger partial charge in [-0.3, -0.25) is 9.52 Å². The van der Waals surface area contributed by atoms with Crippen molar-refractivity contribution >= 4 is 21.6 Å².